The molecular formula is C15H17Li. The summed E-state index contributed by atoms with van der Waals surface area (Å²) in [6.07, 6.45) is 4.81. The van der Waals surface area contributed by atoms with Crippen LogP contribution in [0.1, 0.15) is 32.3 Å². The summed E-state index contributed by atoms with van der Waals surface area (Å²) in [6, 6.07) is 10.1. The molecule has 0 aliphatic carbocycles. The van der Waals surface area contributed by atoms with Gasteiger partial charge in [0.1, 0.15) is 0 Å². The average molecular weight is 204 g/mol. The van der Waals surface area contributed by atoms with Crippen LogP contribution in [0.5, 0.6) is 0 Å². The molecule has 0 aromatic heterocycles. The van der Waals surface area contributed by atoms with Gasteiger partial charge in [0.15, 0.2) is 0 Å². The maximum atomic E-state index is 3.61. The van der Waals surface area contributed by atoms with Gasteiger partial charge >= 0.3 is 18.9 Å². The molecule has 0 N–H and O–H groups in total. The van der Waals surface area contributed by atoms with Crippen LogP contribution in [0.25, 0.3) is 0 Å². The average Bonchev–Trinajstić information content (AvgIpc) is 2.25. The third-order valence-corrected chi connectivity index (χ3v) is 2.25. The molecule has 0 saturated heterocycles. The van der Waals surface area contributed by atoms with Gasteiger partial charge in [-0.15, -0.1) is 0 Å². The van der Waals surface area contributed by atoms with Crippen LogP contribution in [0.15, 0.2) is 36.9 Å². The fourth-order valence-electron chi connectivity index (χ4n) is 1.23. The van der Waals surface area contributed by atoms with Crippen LogP contribution in [-0.2, 0) is 0 Å². The van der Waals surface area contributed by atoms with E-state index < -0.39 is 0 Å². The van der Waals surface area contributed by atoms with Crippen molar-refractivity contribution in [2.24, 2.45) is 5.41 Å². The Hall–Kier alpha value is -0.883. The summed E-state index contributed by atoms with van der Waals surface area (Å²) in [7, 11) is 0. The molecule has 1 heteroatoms. The van der Waals surface area contributed by atoms with Crippen LogP contribution >= 0.6 is 0 Å². The molecule has 1 rings (SSSR count). The van der Waals surface area contributed by atoms with E-state index in [1.165, 1.54) is 0 Å². The van der Waals surface area contributed by atoms with Gasteiger partial charge in [-0.3, -0.25) is 6.58 Å². The van der Waals surface area contributed by atoms with Crippen LogP contribution < -0.4 is 18.9 Å². The van der Waals surface area contributed by atoms with Crippen molar-refractivity contribution in [3.05, 3.63) is 48.6 Å². The Balaban J connectivity index is 0.00000225. The molecule has 1 aromatic rings. The van der Waals surface area contributed by atoms with Crippen LogP contribution in [0.4, 0.5) is 0 Å². The molecule has 78 valence electrons. The molecule has 0 heterocycles. The second-order valence-electron chi connectivity index (χ2n) is 4.25. The summed E-state index contributed by atoms with van der Waals surface area (Å²) in [5, 5.41) is 0. The topological polar surface area (TPSA) is 0 Å². The Morgan fingerprint density at radius 1 is 1.25 bits per heavy atom. The summed E-state index contributed by atoms with van der Waals surface area (Å²) in [4.78, 5) is 0. The van der Waals surface area contributed by atoms with E-state index in [1.54, 1.807) is 0 Å². The van der Waals surface area contributed by atoms with Gasteiger partial charge in [0.2, 0.25) is 0 Å². The molecule has 0 spiro atoms. The SMILES string of the molecule is C=[C-]CCC(C)(C)C#Cc1ccccc1.[Li+]. The first-order valence-corrected chi connectivity index (χ1v) is 5.22. The maximum absolute atomic E-state index is 3.61. The van der Waals surface area contributed by atoms with E-state index in [4.69, 9.17) is 0 Å². The van der Waals surface area contributed by atoms with Crippen molar-refractivity contribution >= 4 is 0 Å². The van der Waals surface area contributed by atoms with E-state index in [-0.39, 0.29) is 24.3 Å². The van der Waals surface area contributed by atoms with Crippen molar-refractivity contribution in [3.63, 3.8) is 0 Å². The summed E-state index contributed by atoms with van der Waals surface area (Å²) in [5.41, 5.74) is 1.12. The summed E-state index contributed by atoms with van der Waals surface area (Å²) < 4.78 is 0. The Bertz CT molecular complexity index is 365. The van der Waals surface area contributed by atoms with Crippen molar-refractivity contribution in [2.45, 2.75) is 26.7 Å². The second-order valence-corrected chi connectivity index (χ2v) is 4.25. The number of hydrogen-bond donors (Lipinski definition) is 0. The van der Waals surface area contributed by atoms with Crippen molar-refractivity contribution in [2.75, 3.05) is 0 Å². The predicted octanol–water partition coefficient (Wildman–Crippen LogP) is 0.838. The van der Waals surface area contributed by atoms with Gasteiger partial charge in [-0.2, -0.15) is 6.42 Å². The van der Waals surface area contributed by atoms with E-state index >= 15 is 0 Å². The Labute approximate surface area is 111 Å². The Morgan fingerprint density at radius 3 is 2.44 bits per heavy atom. The van der Waals surface area contributed by atoms with Gasteiger partial charge in [0, 0.05) is 11.0 Å². The number of allylic oxidation sites excluding steroid dienone is 1. The van der Waals surface area contributed by atoms with Gasteiger partial charge in [-0.05, 0) is 26.0 Å². The molecule has 1 aromatic carbocycles. The molecule has 0 bridgehead atoms. The van der Waals surface area contributed by atoms with E-state index in [0.717, 1.165) is 18.4 Å². The first-order chi connectivity index (χ1) is 7.14. The minimum Gasteiger partial charge on any atom is -0.504 e. The third kappa shape index (κ3) is 5.87. The first-order valence-electron chi connectivity index (χ1n) is 5.22. The van der Waals surface area contributed by atoms with E-state index in [1.807, 2.05) is 30.3 Å². The monoisotopic (exact) mass is 204 g/mol. The zero-order valence-electron chi connectivity index (χ0n) is 10.5. The molecular weight excluding hydrogens is 187 g/mol. The quantitative estimate of drug-likeness (QED) is 0.389. The second kappa shape index (κ2) is 7.40. The summed E-state index contributed by atoms with van der Waals surface area (Å²) in [6.45, 7) is 7.91. The molecule has 0 radical (unpaired) electrons. The molecule has 16 heavy (non-hydrogen) atoms. The molecule has 0 unspecified atom stereocenters. The molecule has 0 atom stereocenters. The summed E-state index contributed by atoms with van der Waals surface area (Å²) in [5.74, 6) is 6.49. The zero-order valence-corrected chi connectivity index (χ0v) is 10.5. The molecule has 0 amide bonds. The third-order valence-electron chi connectivity index (χ3n) is 2.25. The van der Waals surface area contributed by atoms with Crippen molar-refractivity contribution in [3.8, 4) is 11.8 Å². The van der Waals surface area contributed by atoms with E-state index in [0.29, 0.717) is 0 Å². The van der Waals surface area contributed by atoms with Gasteiger partial charge in [-0.25, -0.2) is 0 Å². The molecule has 0 aliphatic rings. The normalized spacial score (nSPS) is 9.62. The van der Waals surface area contributed by atoms with Crippen LogP contribution in [-0.4, -0.2) is 0 Å². The van der Waals surface area contributed by atoms with Crippen LogP contribution in [0, 0.1) is 23.3 Å². The number of benzene rings is 1. The molecule has 0 fully saturated rings. The first kappa shape index (κ1) is 15.1. The molecule has 0 aliphatic heterocycles. The molecule has 0 nitrogen and oxygen atoms in total. The van der Waals surface area contributed by atoms with Gasteiger partial charge < -0.3 is 6.08 Å². The van der Waals surface area contributed by atoms with E-state index in [9.17, 15) is 0 Å². The fourth-order valence-corrected chi connectivity index (χ4v) is 1.23. The Kier molecular flexibility index (Phi) is 6.99. The van der Waals surface area contributed by atoms with Crippen molar-refractivity contribution in [1.29, 1.82) is 0 Å². The van der Waals surface area contributed by atoms with Gasteiger partial charge in [0.25, 0.3) is 0 Å². The standard InChI is InChI=1S/C15H17.Li/c1-4-5-12-15(2,3)13-11-14-9-7-6-8-10-14;/h6-10H,1,5,12H2,2-3H3;/q-1;+1. The van der Waals surface area contributed by atoms with Gasteiger partial charge in [0.05, 0.1) is 0 Å². The minimum absolute atomic E-state index is 0. The minimum atomic E-state index is 0. The van der Waals surface area contributed by atoms with Crippen molar-refractivity contribution in [1.82, 2.24) is 0 Å². The van der Waals surface area contributed by atoms with Crippen molar-refractivity contribution < 1.29 is 18.9 Å². The number of rotatable bonds is 3. The summed E-state index contributed by atoms with van der Waals surface area (Å²) >= 11 is 0. The predicted molar refractivity (Wildman–Crippen MR) is 65.2 cm³/mol. The largest absolute Gasteiger partial charge is 1.00 e. The smallest absolute Gasteiger partial charge is 0.504 e. The maximum Gasteiger partial charge on any atom is 1.00 e. The molecule has 0 saturated carbocycles. The number of hydrogen-bond acceptors (Lipinski definition) is 0. The Morgan fingerprint density at radius 2 is 1.88 bits per heavy atom. The van der Waals surface area contributed by atoms with Crippen LogP contribution in [0.3, 0.4) is 0 Å². The van der Waals surface area contributed by atoms with Gasteiger partial charge in [-0.1, -0.05) is 36.5 Å². The van der Waals surface area contributed by atoms with Crippen LogP contribution in [0.2, 0.25) is 0 Å². The fraction of sp³-hybridized carbons (Fsp3) is 0.333. The van der Waals surface area contributed by atoms with E-state index in [2.05, 4.69) is 38.3 Å². The zero-order chi connectivity index (χ0) is 11.1.